The van der Waals surface area contributed by atoms with Crippen molar-refractivity contribution in [1.82, 2.24) is 9.80 Å². The maximum absolute atomic E-state index is 11.6. The first-order chi connectivity index (χ1) is 6.68. The number of hydrogen-bond acceptors (Lipinski definition) is 3. The van der Waals surface area contributed by atoms with Crippen LogP contribution in [0.1, 0.15) is 19.8 Å². The molecule has 0 N–H and O–H groups in total. The zero-order valence-electron chi connectivity index (χ0n) is 8.66. The lowest BCUT2D eigenvalue weighted by Crippen LogP contribution is -2.26. The summed E-state index contributed by atoms with van der Waals surface area (Å²) in [4.78, 5) is 19.6. The highest BCUT2D eigenvalue weighted by Crippen LogP contribution is 2.16. The summed E-state index contributed by atoms with van der Waals surface area (Å²) < 4.78 is 0. The van der Waals surface area contributed by atoms with Gasteiger partial charge < -0.3 is 4.90 Å². The molecule has 2 aliphatic rings. The fourth-order valence-corrected chi connectivity index (χ4v) is 1.74. The Morgan fingerprint density at radius 1 is 1.36 bits per heavy atom. The minimum Gasteiger partial charge on any atom is -0.375 e. The Bertz CT molecular complexity index is 313. The summed E-state index contributed by atoms with van der Waals surface area (Å²) in [5, 5.41) is 0. The molecule has 1 fully saturated rings. The topological polar surface area (TPSA) is 35.9 Å². The molecule has 4 nitrogen and oxygen atoms in total. The number of aliphatic imine (C=N–C) groups is 1. The van der Waals surface area contributed by atoms with E-state index in [0.717, 1.165) is 18.9 Å². The molecule has 0 radical (unpaired) electrons. The summed E-state index contributed by atoms with van der Waals surface area (Å²) in [5.74, 6) is 0.787. The summed E-state index contributed by atoms with van der Waals surface area (Å²) in [6.07, 6.45) is 4.33. The summed E-state index contributed by atoms with van der Waals surface area (Å²) in [6.45, 7) is 3.95. The van der Waals surface area contributed by atoms with Gasteiger partial charge in [0.1, 0.15) is 11.5 Å². The normalized spacial score (nSPS) is 25.1. The summed E-state index contributed by atoms with van der Waals surface area (Å²) >= 11 is 0. The molecule has 14 heavy (non-hydrogen) atoms. The largest absolute Gasteiger partial charge is 0.375 e. The van der Waals surface area contributed by atoms with Crippen LogP contribution in [0.3, 0.4) is 0 Å². The van der Waals surface area contributed by atoms with Crippen molar-refractivity contribution in [2.75, 3.05) is 20.1 Å². The van der Waals surface area contributed by atoms with E-state index in [2.05, 4.69) is 9.89 Å². The predicted octanol–water partition coefficient (Wildman–Crippen LogP) is 0.814. The number of carbonyl (C=O) groups excluding carboxylic acids is 1. The molecule has 0 saturated carbocycles. The SMILES string of the molecule is CC1=N/C(=C\N2CCCC2)C(=O)N1C. The van der Waals surface area contributed by atoms with Gasteiger partial charge in [0.05, 0.1) is 0 Å². The molecule has 0 aliphatic carbocycles. The first-order valence-electron chi connectivity index (χ1n) is 4.98. The average molecular weight is 193 g/mol. The minimum atomic E-state index is 0.00870. The van der Waals surface area contributed by atoms with Crippen LogP contribution >= 0.6 is 0 Å². The van der Waals surface area contributed by atoms with Crippen LogP contribution in [0.15, 0.2) is 16.9 Å². The average Bonchev–Trinajstić information content (AvgIpc) is 2.73. The van der Waals surface area contributed by atoms with Crippen molar-refractivity contribution in [3.05, 3.63) is 11.9 Å². The molecule has 0 bridgehead atoms. The van der Waals surface area contributed by atoms with Gasteiger partial charge in [0, 0.05) is 26.3 Å². The lowest BCUT2D eigenvalue weighted by atomic mass is 10.4. The standard InChI is InChI=1S/C10H15N3O/c1-8-11-9(10(14)12(8)2)7-13-5-3-4-6-13/h7H,3-6H2,1-2H3/b9-7-. The smallest absolute Gasteiger partial charge is 0.279 e. The maximum atomic E-state index is 11.6. The molecule has 0 spiro atoms. The number of nitrogens with zero attached hydrogens (tertiary/aromatic N) is 3. The Morgan fingerprint density at radius 2 is 2.00 bits per heavy atom. The molecule has 4 heteroatoms. The van der Waals surface area contributed by atoms with Crippen LogP contribution in [0.4, 0.5) is 0 Å². The Labute approximate surface area is 83.9 Å². The van der Waals surface area contributed by atoms with Crippen molar-refractivity contribution in [3.8, 4) is 0 Å². The molecule has 2 aliphatic heterocycles. The number of carbonyl (C=O) groups is 1. The number of amidine groups is 1. The molecule has 0 atom stereocenters. The number of hydrogen-bond donors (Lipinski definition) is 0. The third kappa shape index (κ3) is 1.52. The van der Waals surface area contributed by atoms with Gasteiger partial charge in [-0.05, 0) is 19.8 Å². The fourth-order valence-electron chi connectivity index (χ4n) is 1.74. The van der Waals surface area contributed by atoms with E-state index in [4.69, 9.17) is 0 Å². The van der Waals surface area contributed by atoms with Crippen LogP contribution in [0.5, 0.6) is 0 Å². The molecule has 2 rings (SSSR count). The maximum Gasteiger partial charge on any atom is 0.279 e. The molecule has 1 saturated heterocycles. The molecule has 1 amide bonds. The first kappa shape index (κ1) is 9.24. The van der Waals surface area contributed by atoms with Gasteiger partial charge in [-0.25, -0.2) is 4.99 Å². The minimum absolute atomic E-state index is 0.00870. The lowest BCUT2D eigenvalue weighted by molar-refractivity contribution is -0.121. The number of amides is 1. The third-order valence-electron chi connectivity index (χ3n) is 2.74. The number of likely N-dealkylation sites (tertiary alicyclic amines) is 1. The Balaban J connectivity index is 2.15. The Morgan fingerprint density at radius 3 is 2.50 bits per heavy atom. The Hall–Kier alpha value is -1.32. The molecular formula is C10H15N3O. The highest BCUT2D eigenvalue weighted by Gasteiger charge is 2.24. The van der Waals surface area contributed by atoms with Crippen LogP contribution in [-0.2, 0) is 4.79 Å². The number of likely N-dealkylation sites (N-methyl/N-ethyl adjacent to an activating group) is 1. The van der Waals surface area contributed by atoms with Crippen LogP contribution in [0.2, 0.25) is 0 Å². The van der Waals surface area contributed by atoms with Crippen LogP contribution in [-0.4, -0.2) is 41.7 Å². The van der Waals surface area contributed by atoms with Crippen molar-refractivity contribution in [3.63, 3.8) is 0 Å². The van der Waals surface area contributed by atoms with E-state index in [0.29, 0.717) is 5.70 Å². The van der Waals surface area contributed by atoms with Gasteiger partial charge in [0.25, 0.3) is 5.91 Å². The van der Waals surface area contributed by atoms with Crippen molar-refractivity contribution >= 4 is 11.7 Å². The summed E-state index contributed by atoms with van der Waals surface area (Å²) in [5.41, 5.74) is 0.576. The highest BCUT2D eigenvalue weighted by molar-refractivity contribution is 6.11. The van der Waals surface area contributed by atoms with Crippen molar-refractivity contribution in [2.45, 2.75) is 19.8 Å². The first-order valence-corrected chi connectivity index (χ1v) is 4.98. The zero-order chi connectivity index (χ0) is 10.1. The van der Waals surface area contributed by atoms with E-state index < -0.39 is 0 Å². The van der Waals surface area contributed by atoms with Gasteiger partial charge in [-0.15, -0.1) is 0 Å². The van der Waals surface area contributed by atoms with Gasteiger partial charge in [0.2, 0.25) is 0 Å². The highest BCUT2D eigenvalue weighted by atomic mass is 16.2. The second-order valence-corrected chi connectivity index (χ2v) is 3.78. The lowest BCUT2D eigenvalue weighted by Gasteiger charge is -2.11. The van der Waals surface area contributed by atoms with E-state index in [1.54, 1.807) is 11.9 Å². The Kier molecular flexibility index (Phi) is 2.27. The molecule has 0 aromatic rings. The van der Waals surface area contributed by atoms with Gasteiger partial charge in [-0.2, -0.15) is 0 Å². The van der Waals surface area contributed by atoms with Crippen molar-refractivity contribution < 1.29 is 4.79 Å². The predicted molar refractivity (Wildman–Crippen MR) is 54.8 cm³/mol. The second kappa shape index (κ2) is 3.44. The van der Waals surface area contributed by atoms with E-state index in [9.17, 15) is 4.79 Å². The van der Waals surface area contributed by atoms with Gasteiger partial charge in [-0.3, -0.25) is 9.69 Å². The monoisotopic (exact) mass is 193 g/mol. The second-order valence-electron chi connectivity index (χ2n) is 3.78. The van der Waals surface area contributed by atoms with Gasteiger partial charge >= 0.3 is 0 Å². The number of rotatable bonds is 1. The van der Waals surface area contributed by atoms with E-state index in [1.165, 1.54) is 12.8 Å². The van der Waals surface area contributed by atoms with Crippen LogP contribution in [0, 0.1) is 0 Å². The molecular weight excluding hydrogens is 178 g/mol. The van der Waals surface area contributed by atoms with Gasteiger partial charge in [0.15, 0.2) is 0 Å². The molecule has 0 aromatic heterocycles. The van der Waals surface area contributed by atoms with E-state index >= 15 is 0 Å². The zero-order valence-corrected chi connectivity index (χ0v) is 8.66. The molecule has 0 unspecified atom stereocenters. The third-order valence-corrected chi connectivity index (χ3v) is 2.74. The summed E-state index contributed by atoms with van der Waals surface area (Å²) in [6, 6.07) is 0. The van der Waals surface area contributed by atoms with Crippen molar-refractivity contribution in [1.29, 1.82) is 0 Å². The van der Waals surface area contributed by atoms with Crippen molar-refractivity contribution in [2.24, 2.45) is 4.99 Å². The van der Waals surface area contributed by atoms with E-state index in [-0.39, 0.29) is 5.91 Å². The molecule has 76 valence electrons. The van der Waals surface area contributed by atoms with Crippen LogP contribution < -0.4 is 0 Å². The van der Waals surface area contributed by atoms with E-state index in [1.807, 2.05) is 13.1 Å². The van der Waals surface area contributed by atoms with Gasteiger partial charge in [-0.1, -0.05) is 0 Å². The quantitative estimate of drug-likeness (QED) is 0.578. The molecule has 2 heterocycles. The fraction of sp³-hybridized carbons (Fsp3) is 0.600. The molecule has 0 aromatic carbocycles. The summed E-state index contributed by atoms with van der Waals surface area (Å²) in [7, 11) is 1.76. The van der Waals surface area contributed by atoms with Crippen LogP contribution in [0.25, 0.3) is 0 Å².